The summed E-state index contributed by atoms with van der Waals surface area (Å²) in [5.74, 6) is 0.769. The van der Waals surface area contributed by atoms with E-state index in [-0.39, 0.29) is 5.75 Å². The fourth-order valence-corrected chi connectivity index (χ4v) is 1.95. The van der Waals surface area contributed by atoms with Crippen LogP contribution in [0.3, 0.4) is 0 Å². The van der Waals surface area contributed by atoms with Crippen molar-refractivity contribution in [2.45, 2.75) is 0 Å². The van der Waals surface area contributed by atoms with E-state index in [4.69, 9.17) is 11.6 Å². The summed E-state index contributed by atoms with van der Waals surface area (Å²) in [6.07, 6.45) is 3.26. The van der Waals surface area contributed by atoms with Crippen LogP contribution in [0.1, 0.15) is 0 Å². The molecule has 0 unspecified atom stereocenters. The Morgan fingerprint density at radius 2 is 2.06 bits per heavy atom. The zero-order valence-electron chi connectivity index (χ0n) is 8.71. The highest BCUT2D eigenvalue weighted by molar-refractivity contribution is 6.32. The normalized spacial score (nSPS) is 10.9. The maximum absolute atomic E-state index is 9.50. The fourth-order valence-electron chi connectivity index (χ4n) is 1.71. The molecule has 3 aromatic rings. The number of fused-ring (bicyclic) bond motifs is 1. The molecule has 1 N–H and O–H groups in total. The van der Waals surface area contributed by atoms with Crippen LogP contribution in [0, 0.1) is 0 Å². The van der Waals surface area contributed by atoms with Crippen molar-refractivity contribution in [2.75, 3.05) is 0 Å². The van der Waals surface area contributed by atoms with Crippen LogP contribution in [-0.4, -0.2) is 19.5 Å². The maximum Gasteiger partial charge on any atom is 0.165 e. The summed E-state index contributed by atoms with van der Waals surface area (Å²) in [5.41, 5.74) is 1.45. The van der Waals surface area contributed by atoms with Crippen LogP contribution >= 0.6 is 11.6 Å². The summed E-state index contributed by atoms with van der Waals surface area (Å²) in [6, 6.07) is 8.84. The summed E-state index contributed by atoms with van der Waals surface area (Å²) >= 11 is 6.04. The number of nitrogens with zero attached hydrogens (tertiary/aromatic N) is 3. The molecule has 0 fully saturated rings. The third-order valence-corrected chi connectivity index (χ3v) is 2.75. The molecule has 0 aliphatic carbocycles. The van der Waals surface area contributed by atoms with Gasteiger partial charge in [0.2, 0.25) is 0 Å². The van der Waals surface area contributed by atoms with Gasteiger partial charge in [-0.2, -0.15) is 0 Å². The van der Waals surface area contributed by atoms with Gasteiger partial charge in [0, 0.05) is 6.20 Å². The van der Waals surface area contributed by atoms with E-state index in [1.165, 1.54) is 0 Å². The van der Waals surface area contributed by atoms with Crippen molar-refractivity contribution in [3.05, 3.63) is 47.9 Å². The number of aromatic nitrogens is 3. The van der Waals surface area contributed by atoms with Crippen molar-refractivity contribution in [2.24, 2.45) is 0 Å². The number of aromatic hydroxyl groups is 1. The Kier molecular flexibility index (Phi) is 2.23. The van der Waals surface area contributed by atoms with Crippen LogP contribution < -0.4 is 0 Å². The number of imidazole rings is 1. The van der Waals surface area contributed by atoms with Crippen molar-refractivity contribution in [1.82, 2.24) is 14.4 Å². The van der Waals surface area contributed by atoms with E-state index < -0.39 is 0 Å². The third kappa shape index (κ3) is 1.62. The summed E-state index contributed by atoms with van der Waals surface area (Å²) in [6.45, 7) is 0. The van der Waals surface area contributed by atoms with E-state index in [2.05, 4.69) is 9.97 Å². The van der Waals surface area contributed by atoms with Crippen LogP contribution in [-0.2, 0) is 0 Å². The van der Waals surface area contributed by atoms with Crippen LogP contribution in [0.2, 0.25) is 5.15 Å². The summed E-state index contributed by atoms with van der Waals surface area (Å²) < 4.78 is 1.72. The number of hydrogen-bond acceptors (Lipinski definition) is 3. The predicted octanol–water partition coefficient (Wildman–Crippen LogP) is 2.76. The lowest BCUT2D eigenvalue weighted by Gasteiger charge is -2.00. The molecule has 0 saturated carbocycles. The van der Waals surface area contributed by atoms with E-state index in [1.54, 1.807) is 28.9 Å². The smallest absolute Gasteiger partial charge is 0.165 e. The molecular weight excluding hydrogens is 238 g/mol. The molecule has 0 aromatic carbocycles. The van der Waals surface area contributed by atoms with Crippen molar-refractivity contribution in [1.29, 1.82) is 0 Å². The van der Waals surface area contributed by atoms with Crippen LogP contribution in [0.5, 0.6) is 5.75 Å². The van der Waals surface area contributed by atoms with Crippen LogP contribution in [0.25, 0.3) is 17.0 Å². The highest BCUT2D eigenvalue weighted by Crippen LogP contribution is 2.26. The quantitative estimate of drug-likeness (QED) is 0.717. The highest BCUT2D eigenvalue weighted by Gasteiger charge is 2.12. The molecule has 3 aromatic heterocycles. The first kappa shape index (κ1) is 10.1. The minimum atomic E-state index is 0.156. The van der Waals surface area contributed by atoms with Gasteiger partial charge in [-0.25, -0.2) is 4.98 Å². The van der Waals surface area contributed by atoms with Crippen LogP contribution in [0.15, 0.2) is 42.7 Å². The Bertz CT molecular complexity index is 679. The van der Waals surface area contributed by atoms with Gasteiger partial charge >= 0.3 is 0 Å². The second-order valence-electron chi connectivity index (χ2n) is 3.58. The molecule has 0 aliphatic heterocycles. The van der Waals surface area contributed by atoms with E-state index in [0.717, 1.165) is 5.52 Å². The Morgan fingerprint density at radius 1 is 1.18 bits per heavy atom. The average Bonchev–Trinajstić information content (AvgIpc) is 2.67. The molecule has 3 rings (SSSR count). The van der Waals surface area contributed by atoms with E-state index in [1.807, 2.05) is 18.2 Å². The number of hydrogen-bond donors (Lipinski definition) is 1. The van der Waals surface area contributed by atoms with Gasteiger partial charge in [0.15, 0.2) is 11.0 Å². The van der Waals surface area contributed by atoms with Gasteiger partial charge in [-0.15, -0.1) is 0 Å². The van der Waals surface area contributed by atoms with Gasteiger partial charge in [-0.1, -0.05) is 17.7 Å². The first-order valence-corrected chi connectivity index (χ1v) is 5.41. The van der Waals surface area contributed by atoms with E-state index in [9.17, 15) is 5.11 Å². The molecule has 0 aliphatic rings. The lowest BCUT2D eigenvalue weighted by Crippen LogP contribution is -1.90. The van der Waals surface area contributed by atoms with Gasteiger partial charge in [0.25, 0.3) is 0 Å². The maximum atomic E-state index is 9.50. The van der Waals surface area contributed by atoms with E-state index in [0.29, 0.717) is 16.7 Å². The number of rotatable bonds is 1. The summed E-state index contributed by atoms with van der Waals surface area (Å²) in [4.78, 5) is 8.47. The number of pyridine rings is 2. The largest absolute Gasteiger partial charge is 0.506 e. The summed E-state index contributed by atoms with van der Waals surface area (Å²) in [7, 11) is 0. The molecule has 0 amide bonds. The second kappa shape index (κ2) is 3.75. The fraction of sp³-hybridized carbons (Fsp3) is 0. The number of halogens is 1. The first-order valence-electron chi connectivity index (χ1n) is 5.04. The van der Waals surface area contributed by atoms with Gasteiger partial charge in [-0.3, -0.25) is 9.38 Å². The molecule has 5 heteroatoms. The second-order valence-corrected chi connectivity index (χ2v) is 3.94. The van der Waals surface area contributed by atoms with Gasteiger partial charge < -0.3 is 5.11 Å². The molecule has 0 saturated heterocycles. The molecule has 4 nitrogen and oxygen atoms in total. The zero-order valence-corrected chi connectivity index (χ0v) is 9.46. The zero-order chi connectivity index (χ0) is 11.8. The standard InChI is InChI=1S/C12H8ClN3O/c13-11-10-5-4-8(17)7-16(10)12(15-11)9-3-1-2-6-14-9/h1-7,17H. The minimum absolute atomic E-state index is 0.156. The van der Waals surface area contributed by atoms with Crippen molar-refractivity contribution in [3.8, 4) is 17.3 Å². The summed E-state index contributed by atoms with van der Waals surface area (Å²) in [5, 5.41) is 9.89. The monoisotopic (exact) mass is 245 g/mol. The van der Waals surface area contributed by atoms with Crippen molar-refractivity contribution >= 4 is 17.1 Å². The highest BCUT2D eigenvalue weighted by atomic mass is 35.5. The Balaban J connectivity index is 2.34. The SMILES string of the molecule is Oc1ccc2c(Cl)nc(-c3ccccn3)n2c1. The van der Waals surface area contributed by atoms with Gasteiger partial charge in [0.05, 0.1) is 11.7 Å². The molecule has 17 heavy (non-hydrogen) atoms. The Labute approximate surface area is 102 Å². The average molecular weight is 246 g/mol. The molecular formula is C12H8ClN3O. The predicted molar refractivity (Wildman–Crippen MR) is 65.1 cm³/mol. The van der Waals surface area contributed by atoms with E-state index >= 15 is 0 Å². The lowest BCUT2D eigenvalue weighted by molar-refractivity contribution is 0.472. The molecule has 0 atom stereocenters. The first-order chi connectivity index (χ1) is 8.25. The van der Waals surface area contributed by atoms with Crippen molar-refractivity contribution in [3.63, 3.8) is 0 Å². The van der Waals surface area contributed by atoms with Crippen LogP contribution in [0.4, 0.5) is 0 Å². The van der Waals surface area contributed by atoms with Gasteiger partial charge in [0.1, 0.15) is 11.4 Å². The molecule has 0 bridgehead atoms. The Morgan fingerprint density at radius 3 is 2.82 bits per heavy atom. The topological polar surface area (TPSA) is 50.4 Å². The molecule has 0 radical (unpaired) electrons. The molecule has 3 heterocycles. The van der Waals surface area contributed by atoms with Crippen molar-refractivity contribution < 1.29 is 5.11 Å². The molecule has 0 spiro atoms. The lowest BCUT2D eigenvalue weighted by atomic mass is 10.3. The van der Waals surface area contributed by atoms with Gasteiger partial charge in [-0.05, 0) is 24.3 Å². The Hall–Kier alpha value is -2.07. The third-order valence-electron chi connectivity index (χ3n) is 2.47. The molecule has 84 valence electrons. The minimum Gasteiger partial charge on any atom is -0.506 e.